The first-order valence-electron chi connectivity index (χ1n) is 6.07. The van der Waals surface area contributed by atoms with E-state index in [4.69, 9.17) is 4.42 Å². The Bertz CT molecular complexity index is 565. The largest absolute Gasteiger partial charge is 0.469 e. The van der Waals surface area contributed by atoms with E-state index in [2.05, 4.69) is 9.73 Å². The first-order valence-corrected chi connectivity index (χ1v) is 6.07. The third-order valence-electron chi connectivity index (χ3n) is 2.74. The molecule has 0 aliphatic heterocycles. The van der Waals surface area contributed by atoms with E-state index in [0.717, 1.165) is 24.9 Å². The highest BCUT2D eigenvalue weighted by atomic mass is 16.4. The molecule has 5 nitrogen and oxygen atoms in total. The van der Waals surface area contributed by atoms with Gasteiger partial charge in [0.15, 0.2) is 0 Å². The predicted octanol–water partition coefficient (Wildman–Crippen LogP) is 1.98. The highest BCUT2D eigenvalue weighted by Crippen LogP contribution is 2.06. The van der Waals surface area contributed by atoms with Crippen LogP contribution < -0.4 is 10.9 Å². The van der Waals surface area contributed by atoms with Crippen molar-refractivity contribution in [2.45, 2.75) is 25.8 Å². The molecule has 0 unspecified atom stereocenters. The molecule has 0 saturated carbocycles. The number of amides is 1. The average Bonchev–Trinajstić information content (AvgIpc) is 2.90. The van der Waals surface area contributed by atoms with Crippen molar-refractivity contribution in [1.29, 1.82) is 0 Å². The maximum Gasteiger partial charge on any atom is 0.335 e. The van der Waals surface area contributed by atoms with Crippen molar-refractivity contribution in [3.63, 3.8) is 0 Å². The molecule has 1 atom stereocenters. The first-order chi connectivity index (χ1) is 9.15. The summed E-state index contributed by atoms with van der Waals surface area (Å²) in [6.07, 6.45) is 4.33. The van der Waals surface area contributed by atoms with Crippen molar-refractivity contribution in [2.75, 3.05) is 0 Å². The normalized spacial score (nSPS) is 12.1. The highest BCUT2D eigenvalue weighted by molar-refractivity contribution is 5.93. The smallest absolute Gasteiger partial charge is 0.335 e. The molecule has 0 fully saturated rings. The van der Waals surface area contributed by atoms with E-state index in [9.17, 15) is 9.59 Å². The lowest BCUT2D eigenvalue weighted by molar-refractivity contribution is 0.0935. The van der Waals surface area contributed by atoms with Crippen molar-refractivity contribution in [3.05, 3.63) is 58.5 Å². The Morgan fingerprint density at radius 3 is 2.79 bits per heavy atom. The number of rotatable bonds is 5. The third-order valence-corrected chi connectivity index (χ3v) is 2.74. The lowest BCUT2D eigenvalue weighted by Crippen LogP contribution is -2.33. The van der Waals surface area contributed by atoms with Crippen LogP contribution in [0.25, 0.3) is 0 Å². The van der Waals surface area contributed by atoms with E-state index in [1.165, 1.54) is 12.1 Å². The van der Waals surface area contributed by atoms with Gasteiger partial charge in [0.25, 0.3) is 5.91 Å². The quantitative estimate of drug-likeness (QED) is 0.893. The van der Waals surface area contributed by atoms with Crippen LogP contribution in [0.5, 0.6) is 0 Å². The molecule has 0 spiro atoms. The average molecular weight is 261 g/mol. The second kappa shape index (κ2) is 6.04. The summed E-state index contributed by atoms with van der Waals surface area (Å²) in [5, 5.41) is 2.84. The maximum atomic E-state index is 11.8. The van der Waals surface area contributed by atoms with Gasteiger partial charge in [-0.25, -0.2) is 4.79 Å². The molecule has 0 aliphatic rings. The summed E-state index contributed by atoms with van der Waals surface area (Å²) in [5.74, 6) is 0.641. The summed E-state index contributed by atoms with van der Waals surface area (Å²) < 4.78 is 9.87. The Labute approximate surface area is 110 Å². The predicted molar refractivity (Wildman–Crippen MR) is 68.9 cm³/mol. The van der Waals surface area contributed by atoms with Crippen molar-refractivity contribution in [3.8, 4) is 0 Å². The monoisotopic (exact) mass is 261 g/mol. The molecule has 0 aromatic carbocycles. The van der Waals surface area contributed by atoms with Crippen molar-refractivity contribution in [1.82, 2.24) is 5.32 Å². The van der Waals surface area contributed by atoms with Crippen LogP contribution in [0.15, 0.2) is 50.4 Å². The zero-order valence-corrected chi connectivity index (χ0v) is 10.6. The van der Waals surface area contributed by atoms with Crippen molar-refractivity contribution in [2.24, 2.45) is 0 Å². The van der Waals surface area contributed by atoms with Crippen molar-refractivity contribution < 1.29 is 13.6 Å². The minimum absolute atomic E-state index is 0.00419. The van der Waals surface area contributed by atoms with Gasteiger partial charge in [0.05, 0.1) is 11.8 Å². The molecule has 2 rings (SSSR count). The Kier molecular flexibility index (Phi) is 4.18. The molecule has 5 heteroatoms. The molecule has 0 saturated heterocycles. The van der Waals surface area contributed by atoms with E-state index in [-0.39, 0.29) is 11.9 Å². The molecule has 0 aliphatic carbocycles. The summed E-state index contributed by atoms with van der Waals surface area (Å²) in [7, 11) is 0. The fourth-order valence-corrected chi connectivity index (χ4v) is 1.68. The van der Waals surface area contributed by atoms with Gasteiger partial charge in [-0.2, -0.15) is 0 Å². The van der Waals surface area contributed by atoms with Gasteiger partial charge in [-0.05, 0) is 31.5 Å². The minimum atomic E-state index is -0.470. The number of hydrogen-bond acceptors (Lipinski definition) is 4. The number of nitrogens with one attached hydrogen (secondary N) is 1. The molecule has 2 aromatic rings. The lowest BCUT2D eigenvalue weighted by Gasteiger charge is -2.12. The zero-order valence-electron chi connectivity index (χ0n) is 10.6. The highest BCUT2D eigenvalue weighted by Gasteiger charge is 2.11. The van der Waals surface area contributed by atoms with Crippen LogP contribution in [0, 0.1) is 0 Å². The van der Waals surface area contributed by atoms with Gasteiger partial charge in [0, 0.05) is 18.5 Å². The molecule has 19 heavy (non-hydrogen) atoms. The van der Waals surface area contributed by atoms with E-state index < -0.39 is 5.63 Å². The van der Waals surface area contributed by atoms with Crippen molar-refractivity contribution >= 4 is 5.91 Å². The molecule has 0 bridgehead atoms. The van der Waals surface area contributed by atoms with Gasteiger partial charge in [-0.3, -0.25) is 4.79 Å². The second-order valence-corrected chi connectivity index (χ2v) is 4.34. The lowest BCUT2D eigenvalue weighted by atomic mass is 10.1. The second-order valence-electron chi connectivity index (χ2n) is 4.34. The molecule has 1 N–H and O–H groups in total. The van der Waals surface area contributed by atoms with Gasteiger partial charge in [-0.15, -0.1) is 0 Å². The van der Waals surface area contributed by atoms with E-state index in [1.54, 1.807) is 6.26 Å². The molecule has 2 aromatic heterocycles. The SMILES string of the molecule is C[C@@H](CCc1ccco1)NC(=O)c1ccc(=O)oc1. The van der Waals surface area contributed by atoms with E-state index >= 15 is 0 Å². The van der Waals surface area contributed by atoms with E-state index in [0.29, 0.717) is 5.56 Å². The topological polar surface area (TPSA) is 72.5 Å². The first kappa shape index (κ1) is 13.1. The Hall–Kier alpha value is -2.30. The van der Waals surface area contributed by atoms with E-state index in [1.807, 2.05) is 19.1 Å². The molecular formula is C14H15NO4. The van der Waals surface area contributed by atoms with Crippen LogP contribution in [0.1, 0.15) is 29.5 Å². The van der Waals surface area contributed by atoms with Gasteiger partial charge >= 0.3 is 5.63 Å². The van der Waals surface area contributed by atoms with Crippen LogP contribution >= 0.6 is 0 Å². The Morgan fingerprint density at radius 1 is 1.32 bits per heavy atom. The van der Waals surface area contributed by atoms with Gasteiger partial charge in [0.2, 0.25) is 0 Å². The number of furan rings is 1. The molecule has 100 valence electrons. The van der Waals surface area contributed by atoms with Crippen LogP contribution in [0.3, 0.4) is 0 Å². The summed E-state index contributed by atoms with van der Waals surface area (Å²) in [6.45, 7) is 1.92. The fraction of sp³-hybridized carbons (Fsp3) is 0.286. The van der Waals surface area contributed by atoms with Gasteiger partial charge in [-0.1, -0.05) is 0 Å². The Morgan fingerprint density at radius 2 is 2.16 bits per heavy atom. The van der Waals surface area contributed by atoms with Gasteiger partial charge < -0.3 is 14.2 Å². The van der Waals surface area contributed by atoms with Crippen LogP contribution in [-0.4, -0.2) is 11.9 Å². The molecule has 2 heterocycles. The summed E-state index contributed by atoms with van der Waals surface area (Å²) in [5.41, 5.74) is -0.133. The number of aryl methyl sites for hydroxylation is 1. The zero-order chi connectivity index (χ0) is 13.7. The Balaban J connectivity index is 1.84. The fourth-order valence-electron chi connectivity index (χ4n) is 1.68. The molecular weight excluding hydrogens is 246 g/mol. The molecule has 0 radical (unpaired) electrons. The maximum absolute atomic E-state index is 11.8. The van der Waals surface area contributed by atoms with Crippen LogP contribution in [0.4, 0.5) is 0 Å². The summed E-state index contributed by atoms with van der Waals surface area (Å²) in [6, 6.07) is 6.41. The number of carbonyl (C=O) groups is 1. The summed E-state index contributed by atoms with van der Waals surface area (Å²) >= 11 is 0. The minimum Gasteiger partial charge on any atom is -0.469 e. The standard InChI is InChI=1S/C14H15NO4/c1-10(4-6-12-3-2-8-18-12)15-14(17)11-5-7-13(16)19-9-11/h2-3,5,7-10H,4,6H2,1H3,(H,15,17)/t10-/m0/s1. The van der Waals surface area contributed by atoms with Crippen LogP contribution in [-0.2, 0) is 6.42 Å². The summed E-state index contributed by atoms with van der Waals surface area (Å²) in [4.78, 5) is 22.6. The number of hydrogen-bond donors (Lipinski definition) is 1. The van der Waals surface area contributed by atoms with Crippen LogP contribution in [0.2, 0.25) is 0 Å². The van der Waals surface area contributed by atoms with Gasteiger partial charge in [0.1, 0.15) is 12.0 Å². The molecule has 1 amide bonds. The third kappa shape index (κ3) is 3.84. The number of carbonyl (C=O) groups excluding carboxylic acids is 1.